The third kappa shape index (κ3) is 7.28. The number of non-ortho nitro benzene ring substituents is 1. The molecule has 1 aliphatic heterocycles. The summed E-state index contributed by atoms with van der Waals surface area (Å²) in [7, 11) is 0. The standard InChI is InChI=1S/C38H35N3O4/c1-28(40(25-29-14-6-2-7-15-29)26-30-16-8-3-9-17-30)37(32-20-12-5-13-21-32)45-36-23-22-33(41(42)43)24-34(36)38-39-35(27-44-38)31-18-10-4-11-19-31/h2-24,28,35,37H,25-27H2,1H3/t28-,35+,37-/m1/s1. The molecule has 0 spiro atoms. The molecule has 3 atom stereocenters. The van der Waals surface area contributed by atoms with Crippen molar-refractivity contribution in [3.63, 3.8) is 0 Å². The van der Waals surface area contributed by atoms with E-state index < -0.39 is 11.0 Å². The van der Waals surface area contributed by atoms with Crippen LogP contribution in [0.5, 0.6) is 5.75 Å². The maximum absolute atomic E-state index is 11.8. The Kier molecular flexibility index (Phi) is 9.27. The average molecular weight is 598 g/mol. The molecule has 7 nitrogen and oxygen atoms in total. The summed E-state index contributed by atoms with van der Waals surface area (Å²) < 4.78 is 13.0. The van der Waals surface area contributed by atoms with Gasteiger partial charge in [-0.25, -0.2) is 4.99 Å². The van der Waals surface area contributed by atoms with Crippen molar-refractivity contribution in [3.05, 3.63) is 177 Å². The third-order valence-corrected chi connectivity index (χ3v) is 8.09. The molecule has 5 aromatic carbocycles. The third-order valence-electron chi connectivity index (χ3n) is 8.09. The predicted molar refractivity (Wildman–Crippen MR) is 176 cm³/mol. The smallest absolute Gasteiger partial charge is 0.270 e. The molecule has 226 valence electrons. The second-order valence-corrected chi connectivity index (χ2v) is 11.2. The normalized spacial score (nSPS) is 15.6. The molecule has 0 aromatic heterocycles. The fourth-order valence-corrected chi connectivity index (χ4v) is 5.66. The molecular formula is C38H35N3O4. The molecule has 0 fully saturated rings. The summed E-state index contributed by atoms with van der Waals surface area (Å²) in [6.07, 6.45) is -0.411. The van der Waals surface area contributed by atoms with Crippen molar-refractivity contribution in [1.82, 2.24) is 4.90 Å². The monoisotopic (exact) mass is 597 g/mol. The molecule has 0 radical (unpaired) electrons. The second-order valence-electron chi connectivity index (χ2n) is 11.2. The Bertz CT molecular complexity index is 1690. The van der Waals surface area contributed by atoms with E-state index in [-0.39, 0.29) is 17.8 Å². The minimum Gasteiger partial charge on any atom is -0.483 e. The van der Waals surface area contributed by atoms with Gasteiger partial charge in [-0.2, -0.15) is 0 Å². The minimum absolute atomic E-state index is 0.0501. The number of rotatable bonds is 12. The molecule has 0 N–H and O–H groups in total. The quantitative estimate of drug-likeness (QED) is 0.107. The van der Waals surface area contributed by atoms with Crippen LogP contribution in [0.1, 0.15) is 46.9 Å². The Morgan fingerprint density at radius 3 is 1.96 bits per heavy atom. The molecule has 0 unspecified atom stereocenters. The van der Waals surface area contributed by atoms with Crippen LogP contribution >= 0.6 is 0 Å². The van der Waals surface area contributed by atoms with Gasteiger partial charge in [0.25, 0.3) is 5.69 Å². The molecule has 6 rings (SSSR count). The van der Waals surface area contributed by atoms with E-state index in [1.54, 1.807) is 6.07 Å². The number of benzene rings is 5. The maximum atomic E-state index is 11.8. The number of nitro groups is 1. The van der Waals surface area contributed by atoms with Gasteiger partial charge in [0.15, 0.2) is 0 Å². The van der Waals surface area contributed by atoms with E-state index in [1.807, 2.05) is 60.7 Å². The van der Waals surface area contributed by atoms with Crippen molar-refractivity contribution in [2.45, 2.75) is 38.2 Å². The van der Waals surface area contributed by atoms with E-state index in [9.17, 15) is 10.1 Å². The number of nitrogens with zero attached hydrogens (tertiary/aromatic N) is 3. The van der Waals surface area contributed by atoms with Gasteiger partial charge in [0.05, 0.1) is 10.5 Å². The summed E-state index contributed by atoms with van der Waals surface area (Å²) in [5.74, 6) is 0.820. The van der Waals surface area contributed by atoms with Crippen LogP contribution < -0.4 is 4.74 Å². The Morgan fingerprint density at radius 2 is 1.38 bits per heavy atom. The first-order valence-corrected chi connectivity index (χ1v) is 15.1. The molecule has 1 heterocycles. The summed E-state index contributed by atoms with van der Waals surface area (Å²) in [5, 5.41) is 11.8. The van der Waals surface area contributed by atoms with Crippen molar-refractivity contribution in [1.29, 1.82) is 0 Å². The molecule has 0 amide bonds. The molecule has 0 bridgehead atoms. The zero-order chi connectivity index (χ0) is 31.0. The van der Waals surface area contributed by atoms with Crippen molar-refractivity contribution in [3.8, 4) is 5.75 Å². The van der Waals surface area contributed by atoms with Crippen LogP contribution in [0, 0.1) is 10.1 Å². The number of hydrogen-bond donors (Lipinski definition) is 0. The van der Waals surface area contributed by atoms with E-state index in [4.69, 9.17) is 14.5 Å². The van der Waals surface area contributed by atoms with E-state index in [0.29, 0.717) is 36.9 Å². The first-order valence-electron chi connectivity index (χ1n) is 15.1. The van der Waals surface area contributed by atoms with Gasteiger partial charge in [-0.15, -0.1) is 0 Å². The minimum atomic E-state index is -0.411. The molecule has 7 heteroatoms. The van der Waals surface area contributed by atoms with E-state index in [0.717, 1.165) is 11.1 Å². The summed E-state index contributed by atoms with van der Waals surface area (Å²) in [4.78, 5) is 18.7. The molecule has 1 aliphatic rings. The van der Waals surface area contributed by atoms with Gasteiger partial charge in [0.2, 0.25) is 5.90 Å². The van der Waals surface area contributed by atoms with Crippen molar-refractivity contribution in [2.24, 2.45) is 4.99 Å². The molecule has 0 aliphatic carbocycles. The summed E-state index contributed by atoms with van der Waals surface area (Å²) >= 11 is 0. The van der Waals surface area contributed by atoms with Crippen LogP contribution in [0.4, 0.5) is 5.69 Å². The fraction of sp³-hybridized carbons (Fsp3) is 0.184. The molecule has 5 aromatic rings. The Labute approximate surface area is 263 Å². The number of ether oxygens (including phenoxy) is 2. The average Bonchev–Trinajstić information content (AvgIpc) is 3.59. The van der Waals surface area contributed by atoms with E-state index in [1.165, 1.54) is 23.3 Å². The van der Waals surface area contributed by atoms with Crippen molar-refractivity contribution >= 4 is 11.6 Å². The summed E-state index contributed by atoms with van der Waals surface area (Å²) in [5.41, 5.74) is 4.83. The van der Waals surface area contributed by atoms with E-state index in [2.05, 4.69) is 72.5 Å². The molecule has 45 heavy (non-hydrogen) atoms. The Hall–Kier alpha value is -5.27. The summed E-state index contributed by atoms with van der Waals surface area (Å²) in [6.45, 7) is 3.95. The van der Waals surface area contributed by atoms with Crippen molar-refractivity contribution in [2.75, 3.05) is 6.61 Å². The summed E-state index contributed by atoms with van der Waals surface area (Å²) in [6, 6.07) is 45.2. The topological polar surface area (TPSA) is 77.2 Å². The van der Waals surface area contributed by atoms with Crippen LogP contribution in [0.25, 0.3) is 0 Å². The predicted octanol–water partition coefficient (Wildman–Crippen LogP) is 8.32. The zero-order valence-electron chi connectivity index (χ0n) is 25.1. The van der Waals surface area contributed by atoms with Crippen LogP contribution in [-0.4, -0.2) is 28.4 Å². The van der Waals surface area contributed by atoms with Gasteiger partial charge in [-0.1, -0.05) is 121 Å². The highest BCUT2D eigenvalue weighted by Crippen LogP contribution is 2.36. The zero-order valence-corrected chi connectivity index (χ0v) is 25.1. The highest BCUT2D eigenvalue weighted by molar-refractivity contribution is 5.98. The Balaban J connectivity index is 1.38. The first-order chi connectivity index (χ1) is 22.0. The van der Waals surface area contributed by atoms with Gasteiger partial charge >= 0.3 is 0 Å². The van der Waals surface area contributed by atoms with Crippen molar-refractivity contribution < 1.29 is 14.4 Å². The highest BCUT2D eigenvalue weighted by atomic mass is 16.6. The number of aliphatic imine (C=N–C) groups is 1. The fourth-order valence-electron chi connectivity index (χ4n) is 5.66. The SMILES string of the molecule is C[C@H]([C@@H](Oc1ccc([N+](=O)[O-])cc1C1=N[C@H](c2ccccc2)CO1)c1ccccc1)N(Cc1ccccc1)Cc1ccccc1. The molecular weight excluding hydrogens is 562 g/mol. The van der Waals surface area contributed by atoms with Crippen LogP contribution in [0.15, 0.2) is 145 Å². The number of hydrogen-bond acceptors (Lipinski definition) is 6. The van der Waals surface area contributed by atoms with Crippen LogP contribution in [-0.2, 0) is 17.8 Å². The molecule has 0 saturated heterocycles. The lowest BCUT2D eigenvalue weighted by Crippen LogP contribution is -2.39. The first kappa shape index (κ1) is 29.8. The maximum Gasteiger partial charge on any atom is 0.270 e. The highest BCUT2D eigenvalue weighted by Gasteiger charge is 2.31. The largest absolute Gasteiger partial charge is 0.483 e. The van der Waals surface area contributed by atoms with Gasteiger partial charge in [-0.3, -0.25) is 15.0 Å². The van der Waals surface area contributed by atoms with Crippen LogP contribution in [0.3, 0.4) is 0 Å². The number of nitro benzene ring substituents is 1. The van der Waals surface area contributed by atoms with E-state index >= 15 is 0 Å². The lowest BCUT2D eigenvalue weighted by atomic mass is 10.00. The van der Waals surface area contributed by atoms with Gasteiger partial charge in [-0.05, 0) is 35.2 Å². The lowest BCUT2D eigenvalue weighted by molar-refractivity contribution is -0.384. The van der Waals surface area contributed by atoms with Gasteiger partial charge < -0.3 is 9.47 Å². The van der Waals surface area contributed by atoms with Crippen LogP contribution in [0.2, 0.25) is 0 Å². The second kappa shape index (κ2) is 14.0. The Morgan fingerprint density at radius 1 is 0.822 bits per heavy atom. The van der Waals surface area contributed by atoms with Gasteiger partial charge in [0.1, 0.15) is 24.5 Å². The lowest BCUT2D eigenvalue weighted by Gasteiger charge is -2.35. The molecule has 0 saturated carbocycles. The van der Waals surface area contributed by atoms with Gasteiger partial charge in [0, 0.05) is 31.3 Å².